The largest absolute Gasteiger partial charge is 0.341 e. The molecule has 3 aromatic rings. The lowest BCUT2D eigenvalue weighted by atomic mass is 10.1. The Labute approximate surface area is 197 Å². The Morgan fingerprint density at radius 2 is 1.91 bits per heavy atom. The number of carbonyl (C=O) groups is 1. The van der Waals surface area contributed by atoms with Crippen LogP contribution in [0.5, 0.6) is 0 Å². The van der Waals surface area contributed by atoms with Crippen LogP contribution in [0.2, 0.25) is 5.02 Å². The summed E-state index contributed by atoms with van der Waals surface area (Å²) >= 11 is 7.33. The molecule has 1 aromatic carbocycles. The van der Waals surface area contributed by atoms with Crippen LogP contribution >= 0.6 is 22.9 Å². The number of carbonyl (C=O) groups excluding carboxylic acids is 1. The molecule has 0 saturated carbocycles. The zero-order valence-corrected chi connectivity index (χ0v) is 20.1. The molecular weight excluding hydrogens is 468 g/mol. The number of aryl methyl sites for hydroxylation is 1. The summed E-state index contributed by atoms with van der Waals surface area (Å²) in [5.41, 5.74) is 2.28. The first-order valence-electron chi connectivity index (χ1n) is 10.5. The Balaban J connectivity index is 1.59. The Bertz CT molecular complexity index is 1200. The minimum absolute atomic E-state index is 0.00657. The fourth-order valence-electron chi connectivity index (χ4n) is 3.67. The van der Waals surface area contributed by atoms with Gasteiger partial charge in [-0.2, -0.15) is 0 Å². The van der Waals surface area contributed by atoms with Crippen LogP contribution in [0.3, 0.4) is 0 Å². The van der Waals surface area contributed by atoms with E-state index in [4.69, 9.17) is 11.6 Å². The topological polar surface area (TPSA) is 84.3 Å². The van der Waals surface area contributed by atoms with Crippen molar-refractivity contribution in [1.29, 1.82) is 0 Å². The highest BCUT2D eigenvalue weighted by Gasteiger charge is 2.23. The second kappa shape index (κ2) is 9.74. The molecule has 0 unspecified atom stereocenters. The van der Waals surface area contributed by atoms with Crippen molar-refractivity contribution in [3.05, 3.63) is 58.2 Å². The SMILES string of the molecule is Cc1csc(-c2cc(S(=O)(=O)NCc3ccc(Cl)cc3)cn2CC(=O)N2CCCCC2)n1. The number of hydrogen-bond acceptors (Lipinski definition) is 5. The van der Waals surface area contributed by atoms with E-state index >= 15 is 0 Å². The number of nitrogens with one attached hydrogen (secondary N) is 1. The standard InChI is InChI=1S/C22H25ClN4O3S2/c1-16-15-31-22(25-16)20-11-19(13-27(20)14-21(28)26-9-3-2-4-10-26)32(29,30)24-12-17-5-7-18(23)8-6-17/h5-8,11,13,15,24H,2-4,9-10,12,14H2,1H3. The highest BCUT2D eigenvalue weighted by atomic mass is 35.5. The molecule has 4 rings (SSSR count). The van der Waals surface area contributed by atoms with Gasteiger partial charge in [-0.3, -0.25) is 4.79 Å². The second-order valence-corrected chi connectivity index (χ2v) is 10.9. The Morgan fingerprint density at radius 1 is 1.19 bits per heavy atom. The van der Waals surface area contributed by atoms with Gasteiger partial charge < -0.3 is 9.47 Å². The van der Waals surface area contributed by atoms with Crippen molar-refractivity contribution in [1.82, 2.24) is 19.2 Å². The predicted molar refractivity (Wildman–Crippen MR) is 126 cm³/mol. The van der Waals surface area contributed by atoms with E-state index in [9.17, 15) is 13.2 Å². The summed E-state index contributed by atoms with van der Waals surface area (Å²) in [6, 6.07) is 8.58. The van der Waals surface area contributed by atoms with Crippen LogP contribution < -0.4 is 4.72 Å². The summed E-state index contributed by atoms with van der Waals surface area (Å²) in [6.45, 7) is 3.61. The van der Waals surface area contributed by atoms with Crippen LogP contribution in [0, 0.1) is 6.92 Å². The third-order valence-corrected chi connectivity index (χ3v) is 8.02. The molecular formula is C22H25ClN4O3S2. The second-order valence-electron chi connectivity index (χ2n) is 7.88. The molecule has 32 heavy (non-hydrogen) atoms. The first kappa shape index (κ1) is 23.0. The molecule has 3 heterocycles. The molecule has 7 nitrogen and oxygen atoms in total. The molecule has 10 heteroatoms. The van der Waals surface area contributed by atoms with Crippen molar-refractivity contribution in [2.45, 2.75) is 44.2 Å². The molecule has 1 aliphatic heterocycles. The van der Waals surface area contributed by atoms with Crippen LogP contribution in [-0.2, 0) is 27.9 Å². The lowest BCUT2D eigenvalue weighted by molar-refractivity contribution is -0.132. The first-order chi connectivity index (χ1) is 15.3. The average molecular weight is 493 g/mol. The number of aromatic nitrogens is 2. The fraction of sp³-hybridized carbons (Fsp3) is 0.364. The smallest absolute Gasteiger partial charge is 0.242 e. The van der Waals surface area contributed by atoms with Gasteiger partial charge >= 0.3 is 0 Å². The zero-order valence-electron chi connectivity index (χ0n) is 17.8. The van der Waals surface area contributed by atoms with Gasteiger partial charge in [0.2, 0.25) is 15.9 Å². The minimum atomic E-state index is -3.78. The van der Waals surface area contributed by atoms with Crippen LogP contribution in [-0.4, -0.2) is 41.9 Å². The number of halogens is 1. The van der Waals surface area contributed by atoms with E-state index in [1.54, 1.807) is 34.9 Å². The number of thiazole rings is 1. The number of benzene rings is 1. The molecule has 1 aliphatic rings. The van der Waals surface area contributed by atoms with E-state index in [1.165, 1.54) is 17.5 Å². The average Bonchev–Trinajstić information content (AvgIpc) is 3.40. The van der Waals surface area contributed by atoms with Crippen LogP contribution in [0.1, 0.15) is 30.5 Å². The quantitative estimate of drug-likeness (QED) is 0.539. The van der Waals surface area contributed by atoms with Gasteiger partial charge in [0.05, 0.1) is 5.69 Å². The normalized spacial score (nSPS) is 14.6. The Morgan fingerprint density at radius 3 is 2.56 bits per heavy atom. The molecule has 1 amide bonds. The predicted octanol–water partition coefficient (Wildman–Crippen LogP) is 4.06. The maximum atomic E-state index is 13.0. The summed E-state index contributed by atoms with van der Waals surface area (Å²) in [4.78, 5) is 19.3. The monoisotopic (exact) mass is 492 g/mol. The Hall–Kier alpha value is -2.20. The molecule has 1 N–H and O–H groups in total. The van der Waals surface area contributed by atoms with Crippen molar-refractivity contribution in [3.63, 3.8) is 0 Å². The minimum Gasteiger partial charge on any atom is -0.341 e. The van der Waals surface area contributed by atoms with Gasteiger partial charge in [0.25, 0.3) is 0 Å². The number of rotatable bonds is 7. The highest BCUT2D eigenvalue weighted by Crippen LogP contribution is 2.28. The molecule has 0 atom stereocenters. The van der Waals surface area contributed by atoms with Crippen LogP contribution in [0.15, 0.2) is 46.8 Å². The third kappa shape index (κ3) is 5.40. The fourth-order valence-corrected chi connectivity index (χ4v) is 5.68. The molecule has 0 spiro atoms. The zero-order chi connectivity index (χ0) is 22.7. The number of sulfonamides is 1. The number of likely N-dealkylation sites (tertiary alicyclic amines) is 1. The number of amides is 1. The lowest BCUT2D eigenvalue weighted by Gasteiger charge is -2.27. The van der Waals surface area contributed by atoms with Crippen molar-refractivity contribution >= 4 is 38.9 Å². The molecule has 0 radical (unpaired) electrons. The summed E-state index contributed by atoms with van der Waals surface area (Å²) in [6.07, 6.45) is 4.67. The van der Waals surface area contributed by atoms with Crippen molar-refractivity contribution in [2.75, 3.05) is 13.1 Å². The summed E-state index contributed by atoms with van der Waals surface area (Å²) in [5.74, 6) is -0.00657. The van der Waals surface area contributed by atoms with Gasteiger partial charge in [0.15, 0.2) is 0 Å². The number of piperidine rings is 1. The van der Waals surface area contributed by atoms with E-state index in [0.29, 0.717) is 15.7 Å². The maximum Gasteiger partial charge on any atom is 0.242 e. The molecule has 2 aromatic heterocycles. The molecule has 0 bridgehead atoms. The van der Waals surface area contributed by atoms with E-state index in [2.05, 4.69) is 9.71 Å². The Kier molecular flexibility index (Phi) is 6.99. The van der Waals surface area contributed by atoms with Crippen molar-refractivity contribution in [2.24, 2.45) is 0 Å². The first-order valence-corrected chi connectivity index (χ1v) is 13.2. The van der Waals surface area contributed by atoms with Gasteiger partial charge in [-0.05, 0) is 49.9 Å². The number of hydrogen-bond donors (Lipinski definition) is 1. The van der Waals surface area contributed by atoms with Crippen molar-refractivity contribution in [3.8, 4) is 10.7 Å². The summed E-state index contributed by atoms with van der Waals surface area (Å²) < 4.78 is 30.3. The summed E-state index contributed by atoms with van der Waals surface area (Å²) in [5, 5.41) is 3.19. The summed E-state index contributed by atoms with van der Waals surface area (Å²) in [7, 11) is -3.78. The van der Waals surface area contributed by atoms with Gasteiger partial charge in [-0.15, -0.1) is 11.3 Å². The van der Waals surface area contributed by atoms with Crippen LogP contribution in [0.4, 0.5) is 0 Å². The van der Waals surface area contributed by atoms with Crippen LogP contribution in [0.25, 0.3) is 10.7 Å². The van der Waals surface area contributed by atoms with E-state index in [-0.39, 0.29) is 23.9 Å². The highest BCUT2D eigenvalue weighted by molar-refractivity contribution is 7.89. The maximum absolute atomic E-state index is 13.0. The molecule has 170 valence electrons. The van der Waals surface area contributed by atoms with E-state index in [0.717, 1.165) is 43.6 Å². The molecule has 0 aliphatic carbocycles. The molecule has 1 saturated heterocycles. The van der Waals surface area contributed by atoms with Gasteiger partial charge in [-0.1, -0.05) is 23.7 Å². The lowest BCUT2D eigenvalue weighted by Crippen LogP contribution is -2.37. The van der Waals surface area contributed by atoms with Crippen molar-refractivity contribution < 1.29 is 13.2 Å². The van der Waals surface area contributed by atoms with E-state index < -0.39 is 10.0 Å². The van der Waals surface area contributed by atoms with Gasteiger partial charge in [0, 0.05) is 41.9 Å². The number of nitrogens with zero attached hydrogens (tertiary/aromatic N) is 3. The third-order valence-electron chi connectivity index (χ3n) is 5.41. The van der Waals surface area contributed by atoms with Gasteiger partial charge in [0.1, 0.15) is 16.4 Å². The van der Waals surface area contributed by atoms with Gasteiger partial charge in [-0.25, -0.2) is 18.1 Å². The van der Waals surface area contributed by atoms with E-state index in [1.807, 2.05) is 17.2 Å². The molecule has 1 fully saturated rings.